The van der Waals surface area contributed by atoms with E-state index in [0.717, 1.165) is 23.8 Å². The fourth-order valence-corrected chi connectivity index (χ4v) is 2.37. The monoisotopic (exact) mass is 342 g/mol. The van der Waals surface area contributed by atoms with Gasteiger partial charge in [0, 0.05) is 18.2 Å². The minimum Gasteiger partial charge on any atom is -0.325 e. The standard InChI is InChI=1S/C18H16F2N4O/c1-11-2-4-12(5-3-11)6-16-22-17(24-23-16)10-18(25)21-15-8-13(19)7-14(20)9-15/h2-5,7-9H,6,10H2,1H3,(H,21,25)(H,22,23,24). The van der Waals surface area contributed by atoms with Gasteiger partial charge in [-0.2, -0.15) is 5.10 Å². The number of aromatic amines is 1. The fourth-order valence-electron chi connectivity index (χ4n) is 2.37. The van der Waals surface area contributed by atoms with E-state index in [-0.39, 0.29) is 12.1 Å². The predicted molar refractivity (Wildman–Crippen MR) is 89.1 cm³/mol. The van der Waals surface area contributed by atoms with Crippen LogP contribution in [0.25, 0.3) is 0 Å². The number of nitrogens with zero attached hydrogens (tertiary/aromatic N) is 2. The van der Waals surface area contributed by atoms with Gasteiger partial charge in [-0.05, 0) is 24.6 Å². The number of anilines is 1. The Kier molecular flexibility index (Phi) is 4.83. The molecule has 0 radical (unpaired) electrons. The Morgan fingerprint density at radius 1 is 1.12 bits per heavy atom. The largest absolute Gasteiger partial charge is 0.325 e. The van der Waals surface area contributed by atoms with Gasteiger partial charge < -0.3 is 5.32 Å². The number of nitrogens with one attached hydrogen (secondary N) is 2. The van der Waals surface area contributed by atoms with Gasteiger partial charge >= 0.3 is 0 Å². The van der Waals surface area contributed by atoms with E-state index in [2.05, 4.69) is 20.5 Å². The molecule has 0 saturated heterocycles. The number of carbonyl (C=O) groups excluding carboxylic acids is 1. The number of hydrogen-bond donors (Lipinski definition) is 2. The van der Waals surface area contributed by atoms with Gasteiger partial charge in [-0.3, -0.25) is 9.89 Å². The number of aryl methyl sites for hydroxylation is 1. The van der Waals surface area contributed by atoms with Crippen LogP contribution in [0.3, 0.4) is 0 Å². The molecular formula is C18H16F2N4O. The summed E-state index contributed by atoms with van der Waals surface area (Å²) in [4.78, 5) is 16.2. The van der Waals surface area contributed by atoms with Crippen molar-refractivity contribution < 1.29 is 13.6 Å². The summed E-state index contributed by atoms with van der Waals surface area (Å²) in [5.41, 5.74) is 2.30. The number of H-pyrrole nitrogens is 1. The third kappa shape index (κ3) is 4.69. The molecule has 3 rings (SSSR count). The topological polar surface area (TPSA) is 70.7 Å². The lowest BCUT2D eigenvalue weighted by molar-refractivity contribution is -0.115. The van der Waals surface area contributed by atoms with Crippen LogP contribution < -0.4 is 5.32 Å². The molecule has 0 atom stereocenters. The van der Waals surface area contributed by atoms with Gasteiger partial charge in [0.25, 0.3) is 0 Å². The summed E-state index contributed by atoms with van der Waals surface area (Å²) in [6.07, 6.45) is 0.479. The van der Waals surface area contributed by atoms with Crippen LogP contribution in [0.1, 0.15) is 22.8 Å². The van der Waals surface area contributed by atoms with Crippen LogP contribution in [0, 0.1) is 18.6 Å². The lowest BCUT2D eigenvalue weighted by atomic mass is 10.1. The first-order valence-corrected chi connectivity index (χ1v) is 7.69. The minimum atomic E-state index is -0.756. The maximum absolute atomic E-state index is 13.1. The van der Waals surface area contributed by atoms with Gasteiger partial charge in [0.15, 0.2) is 5.82 Å². The van der Waals surface area contributed by atoms with Gasteiger partial charge in [-0.1, -0.05) is 29.8 Å². The lowest BCUT2D eigenvalue weighted by Gasteiger charge is -2.04. The summed E-state index contributed by atoms with van der Waals surface area (Å²) in [5, 5.41) is 9.22. The van der Waals surface area contributed by atoms with E-state index in [1.54, 1.807) is 0 Å². The van der Waals surface area contributed by atoms with Crippen LogP contribution >= 0.6 is 0 Å². The van der Waals surface area contributed by atoms with Gasteiger partial charge in [0.05, 0.1) is 6.42 Å². The summed E-state index contributed by atoms with van der Waals surface area (Å²) in [6.45, 7) is 2.01. The number of halogens is 2. The number of benzene rings is 2. The van der Waals surface area contributed by atoms with E-state index >= 15 is 0 Å². The zero-order valence-corrected chi connectivity index (χ0v) is 13.5. The molecule has 1 amide bonds. The molecule has 0 fully saturated rings. The molecule has 0 saturated carbocycles. The van der Waals surface area contributed by atoms with Gasteiger partial charge in [0.1, 0.15) is 17.5 Å². The molecule has 0 bridgehead atoms. The van der Waals surface area contributed by atoms with Crippen molar-refractivity contribution in [3.63, 3.8) is 0 Å². The van der Waals surface area contributed by atoms with Crippen LogP contribution in [0.15, 0.2) is 42.5 Å². The highest BCUT2D eigenvalue weighted by atomic mass is 19.1. The smallest absolute Gasteiger partial charge is 0.232 e. The average Bonchev–Trinajstić information content (AvgIpc) is 2.95. The predicted octanol–water partition coefficient (Wildman–Crippen LogP) is 3.16. The Labute approximate surface area is 143 Å². The Morgan fingerprint density at radius 3 is 2.48 bits per heavy atom. The van der Waals surface area contributed by atoms with Gasteiger partial charge in [-0.25, -0.2) is 13.8 Å². The summed E-state index contributed by atoms with van der Waals surface area (Å²) in [7, 11) is 0. The molecule has 2 N–H and O–H groups in total. The van der Waals surface area contributed by atoms with Crippen molar-refractivity contribution in [3.05, 3.63) is 76.9 Å². The van der Waals surface area contributed by atoms with Crippen molar-refractivity contribution in [2.45, 2.75) is 19.8 Å². The van der Waals surface area contributed by atoms with Crippen molar-refractivity contribution in [2.75, 3.05) is 5.32 Å². The zero-order valence-electron chi connectivity index (χ0n) is 13.5. The highest BCUT2D eigenvalue weighted by molar-refractivity contribution is 5.91. The number of carbonyl (C=O) groups is 1. The Bertz CT molecular complexity index is 870. The van der Waals surface area contributed by atoms with E-state index < -0.39 is 17.5 Å². The zero-order chi connectivity index (χ0) is 17.8. The van der Waals surface area contributed by atoms with Crippen LogP contribution in [0.4, 0.5) is 14.5 Å². The van der Waals surface area contributed by atoms with Crippen LogP contribution in [0.5, 0.6) is 0 Å². The highest BCUT2D eigenvalue weighted by Gasteiger charge is 2.11. The second-order valence-electron chi connectivity index (χ2n) is 5.74. The second kappa shape index (κ2) is 7.21. The highest BCUT2D eigenvalue weighted by Crippen LogP contribution is 2.13. The third-order valence-corrected chi connectivity index (χ3v) is 3.54. The fraction of sp³-hybridized carbons (Fsp3) is 0.167. The molecule has 128 valence electrons. The molecule has 7 heteroatoms. The maximum atomic E-state index is 13.1. The van der Waals surface area contributed by atoms with Crippen molar-refractivity contribution >= 4 is 11.6 Å². The third-order valence-electron chi connectivity index (χ3n) is 3.54. The molecule has 1 heterocycles. The van der Waals surface area contributed by atoms with Crippen LogP contribution in [-0.2, 0) is 17.6 Å². The van der Waals surface area contributed by atoms with Crippen molar-refractivity contribution in [2.24, 2.45) is 0 Å². The number of amides is 1. The summed E-state index contributed by atoms with van der Waals surface area (Å²) in [6, 6.07) is 10.9. The average molecular weight is 342 g/mol. The van der Waals surface area contributed by atoms with E-state index in [4.69, 9.17) is 0 Å². The van der Waals surface area contributed by atoms with Gasteiger partial charge in [0.2, 0.25) is 5.91 Å². The molecule has 1 aromatic heterocycles. The quantitative estimate of drug-likeness (QED) is 0.748. The van der Waals surface area contributed by atoms with Gasteiger partial charge in [-0.15, -0.1) is 0 Å². The molecular weight excluding hydrogens is 326 g/mol. The molecule has 5 nitrogen and oxygen atoms in total. The first kappa shape index (κ1) is 16.8. The SMILES string of the molecule is Cc1ccc(Cc2nc(CC(=O)Nc3cc(F)cc(F)c3)n[nH]2)cc1. The molecule has 0 aliphatic rings. The van der Waals surface area contributed by atoms with E-state index in [9.17, 15) is 13.6 Å². The summed E-state index contributed by atoms with van der Waals surface area (Å²) in [5.74, 6) is -1.01. The van der Waals surface area contributed by atoms with E-state index in [0.29, 0.717) is 18.1 Å². The molecule has 0 spiro atoms. The normalized spacial score (nSPS) is 10.7. The second-order valence-corrected chi connectivity index (χ2v) is 5.74. The van der Waals surface area contributed by atoms with E-state index in [1.807, 2.05) is 31.2 Å². The maximum Gasteiger partial charge on any atom is 0.232 e. The molecule has 3 aromatic rings. The number of rotatable bonds is 5. The van der Waals surface area contributed by atoms with E-state index in [1.165, 1.54) is 5.56 Å². The summed E-state index contributed by atoms with van der Waals surface area (Å²) < 4.78 is 26.2. The molecule has 0 aliphatic heterocycles. The minimum absolute atomic E-state index is 0.0536. The van der Waals surface area contributed by atoms with Crippen LogP contribution in [0.2, 0.25) is 0 Å². The molecule has 0 aliphatic carbocycles. The number of aromatic nitrogens is 3. The van der Waals surface area contributed by atoms with Crippen molar-refractivity contribution in [3.8, 4) is 0 Å². The molecule has 25 heavy (non-hydrogen) atoms. The summed E-state index contributed by atoms with van der Waals surface area (Å²) >= 11 is 0. The Balaban J connectivity index is 1.60. The van der Waals surface area contributed by atoms with Crippen LogP contribution in [-0.4, -0.2) is 21.1 Å². The Hall–Kier alpha value is -3.09. The Morgan fingerprint density at radius 2 is 1.80 bits per heavy atom. The van der Waals surface area contributed by atoms with Crippen molar-refractivity contribution in [1.82, 2.24) is 15.2 Å². The molecule has 0 unspecified atom stereocenters. The lowest BCUT2D eigenvalue weighted by Crippen LogP contribution is -2.15. The molecule has 2 aromatic carbocycles. The first-order chi connectivity index (χ1) is 12.0. The van der Waals surface area contributed by atoms with Crippen molar-refractivity contribution in [1.29, 1.82) is 0 Å². The number of hydrogen-bond acceptors (Lipinski definition) is 3. The first-order valence-electron chi connectivity index (χ1n) is 7.69.